The Labute approximate surface area is 148 Å². The van der Waals surface area contributed by atoms with Crippen LogP contribution in [0, 0.1) is 19.8 Å². The first-order chi connectivity index (χ1) is 11.7. The van der Waals surface area contributed by atoms with Crippen molar-refractivity contribution in [3.63, 3.8) is 0 Å². The smallest absolute Gasteiger partial charge is 0.122 e. The van der Waals surface area contributed by atoms with Gasteiger partial charge in [-0.3, -0.25) is 0 Å². The van der Waals surface area contributed by atoms with Crippen molar-refractivity contribution in [2.45, 2.75) is 59.0 Å². The number of hydrogen-bond donors (Lipinski definition) is 0. The Balaban J connectivity index is 1.77. The van der Waals surface area contributed by atoms with Crippen molar-refractivity contribution in [2.24, 2.45) is 5.92 Å². The third-order valence-corrected chi connectivity index (χ3v) is 5.46. The highest BCUT2D eigenvalue weighted by molar-refractivity contribution is 5.38. The van der Waals surface area contributed by atoms with E-state index in [1.54, 1.807) is 0 Å². The summed E-state index contributed by atoms with van der Waals surface area (Å²) in [7, 11) is 1.86. The molecule has 0 N–H and O–H groups in total. The van der Waals surface area contributed by atoms with E-state index in [1.807, 2.05) is 7.11 Å². The van der Waals surface area contributed by atoms with Crippen molar-refractivity contribution < 1.29 is 9.47 Å². The van der Waals surface area contributed by atoms with Gasteiger partial charge in [0.1, 0.15) is 5.75 Å². The van der Waals surface area contributed by atoms with E-state index in [1.165, 1.54) is 49.9 Å². The van der Waals surface area contributed by atoms with Gasteiger partial charge >= 0.3 is 0 Å². The summed E-state index contributed by atoms with van der Waals surface area (Å²) in [5.41, 5.74) is 2.55. The van der Waals surface area contributed by atoms with Crippen molar-refractivity contribution in [3.8, 4) is 5.75 Å². The van der Waals surface area contributed by atoms with Crippen molar-refractivity contribution >= 4 is 0 Å². The van der Waals surface area contributed by atoms with Gasteiger partial charge in [-0.25, -0.2) is 0 Å². The van der Waals surface area contributed by atoms with Gasteiger partial charge in [-0.2, -0.15) is 0 Å². The zero-order chi connectivity index (χ0) is 17.4. The zero-order valence-corrected chi connectivity index (χ0v) is 16.0. The molecule has 0 aliphatic carbocycles. The summed E-state index contributed by atoms with van der Waals surface area (Å²) in [6.07, 6.45) is 6.59. The minimum absolute atomic E-state index is 0.350. The number of methoxy groups -OCH3 is 1. The van der Waals surface area contributed by atoms with Gasteiger partial charge in [-0.15, -0.1) is 0 Å². The van der Waals surface area contributed by atoms with Crippen LogP contribution in [-0.4, -0.2) is 44.4 Å². The molecular weight excluding hydrogens is 298 g/mol. The Kier molecular flexibility index (Phi) is 8.07. The summed E-state index contributed by atoms with van der Waals surface area (Å²) < 4.78 is 11.8. The molecule has 0 unspecified atom stereocenters. The second kappa shape index (κ2) is 10.0. The van der Waals surface area contributed by atoms with Gasteiger partial charge in [0.2, 0.25) is 0 Å². The van der Waals surface area contributed by atoms with Crippen LogP contribution in [0.4, 0.5) is 0 Å². The maximum absolute atomic E-state index is 6.05. The lowest BCUT2D eigenvalue weighted by Gasteiger charge is -2.37. The van der Waals surface area contributed by atoms with Crippen molar-refractivity contribution in [2.75, 3.05) is 33.4 Å². The van der Waals surface area contributed by atoms with Crippen LogP contribution in [0.25, 0.3) is 0 Å². The molecule has 2 atom stereocenters. The van der Waals surface area contributed by atoms with Gasteiger partial charge in [-0.05, 0) is 69.3 Å². The van der Waals surface area contributed by atoms with Crippen LogP contribution in [0.3, 0.4) is 0 Å². The molecule has 2 rings (SSSR count). The molecule has 1 aliphatic rings. The Morgan fingerprint density at radius 1 is 1.21 bits per heavy atom. The number of likely N-dealkylation sites (tertiary alicyclic amines) is 1. The molecule has 0 amide bonds. The van der Waals surface area contributed by atoms with E-state index in [4.69, 9.17) is 9.47 Å². The monoisotopic (exact) mass is 333 g/mol. The molecule has 0 saturated carbocycles. The summed E-state index contributed by atoms with van der Waals surface area (Å²) in [6.45, 7) is 10.8. The molecule has 1 saturated heterocycles. The number of rotatable bonds is 9. The predicted molar refractivity (Wildman–Crippen MR) is 101 cm³/mol. The van der Waals surface area contributed by atoms with E-state index >= 15 is 0 Å². The molecule has 1 aromatic carbocycles. The molecule has 136 valence electrons. The van der Waals surface area contributed by atoms with Crippen LogP contribution >= 0.6 is 0 Å². The predicted octanol–water partition coefficient (Wildman–Crippen LogP) is 4.60. The number of piperidine rings is 1. The molecule has 24 heavy (non-hydrogen) atoms. The van der Waals surface area contributed by atoms with E-state index in [-0.39, 0.29) is 0 Å². The molecular formula is C21H35NO2. The van der Waals surface area contributed by atoms with E-state index in [9.17, 15) is 0 Å². The minimum Gasteiger partial charge on any atom is -0.493 e. The van der Waals surface area contributed by atoms with E-state index < -0.39 is 0 Å². The lowest BCUT2D eigenvalue weighted by atomic mass is 9.90. The Hall–Kier alpha value is -1.06. The van der Waals surface area contributed by atoms with Gasteiger partial charge in [0.25, 0.3) is 0 Å². The highest BCUT2D eigenvalue weighted by Gasteiger charge is 2.28. The molecule has 0 radical (unpaired) electrons. The fourth-order valence-corrected chi connectivity index (χ4v) is 3.62. The second-order valence-corrected chi connectivity index (χ2v) is 7.17. The van der Waals surface area contributed by atoms with Crippen LogP contribution in [0.5, 0.6) is 5.75 Å². The van der Waals surface area contributed by atoms with Gasteiger partial charge < -0.3 is 14.4 Å². The topological polar surface area (TPSA) is 21.7 Å². The average molecular weight is 334 g/mol. The number of nitrogens with zero attached hydrogens (tertiary/aromatic N) is 1. The third kappa shape index (κ3) is 5.49. The minimum atomic E-state index is 0.350. The van der Waals surface area contributed by atoms with Gasteiger partial charge in [0.15, 0.2) is 0 Å². The van der Waals surface area contributed by atoms with E-state index in [0.717, 1.165) is 25.3 Å². The fraction of sp³-hybridized carbons (Fsp3) is 0.714. The summed E-state index contributed by atoms with van der Waals surface area (Å²) in [6, 6.07) is 6.29. The summed E-state index contributed by atoms with van der Waals surface area (Å²) in [4.78, 5) is 2.58. The van der Waals surface area contributed by atoms with Crippen LogP contribution in [0.1, 0.15) is 50.2 Å². The van der Waals surface area contributed by atoms with Crippen LogP contribution < -0.4 is 4.74 Å². The zero-order valence-electron chi connectivity index (χ0n) is 16.0. The number of benzene rings is 1. The first-order valence-electron chi connectivity index (χ1n) is 9.59. The first-order valence-corrected chi connectivity index (χ1v) is 9.59. The summed E-state index contributed by atoms with van der Waals surface area (Å²) in [5, 5.41) is 0. The molecule has 1 heterocycles. The normalized spacial score (nSPS) is 21.8. The lowest BCUT2D eigenvalue weighted by molar-refractivity contribution is -0.0180. The largest absolute Gasteiger partial charge is 0.493 e. The van der Waals surface area contributed by atoms with Gasteiger partial charge in [-0.1, -0.05) is 31.9 Å². The third-order valence-electron chi connectivity index (χ3n) is 5.46. The van der Waals surface area contributed by atoms with Crippen LogP contribution in [0.15, 0.2) is 18.2 Å². The molecule has 1 fully saturated rings. The molecule has 0 aromatic heterocycles. The molecule has 3 heteroatoms. The van der Waals surface area contributed by atoms with Crippen LogP contribution in [-0.2, 0) is 4.74 Å². The maximum Gasteiger partial charge on any atom is 0.122 e. The standard InChI is InChI=1S/C21H35NO2/c1-5-6-7-13-22-14-11-19(21(16-22)23-4)12-15-24-20-10-8-9-17(2)18(20)3/h8-10,19,21H,5-7,11-16H2,1-4H3/t19-,21-/m0/s1. The Morgan fingerprint density at radius 2 is 2.04 bits per heavy atom. The molecule has 1 aromatic rings. The number of aryl methyl sites for hydroxylation is 1. The molecule has 1 aliphatic heterocycles. The van der Waals surface area contributed by atoms with E-state index in [0.29, 0.717) is 12.0 Å². The molecule has 0 spiro atoms. The number of hydrogen-bond acceptors (Lipinski definition) is 3. The highest BCUT2D eigenvalue weighted by atomic mass is 16.5. The Morgan fingerprint density at radius 3 is 2.79 bits per heavy atom. The van der Waals surface area contributed by atoms with E-state index in [2.05, 4.69) is 43.9 Å². The van der Waals surface area contributed by atoms with Crippen molar-refractivity contribution in [3.05, 3.63) is 29.3 Å². The quantitative estimate of drug-likeness (QED) is 0.617. The van der Waals surface area contributed by atoms with Gasteiger partial charge in [0, 0.05) is 13.7 Å². The van der Waals surface area contributed by atoms with Crippen molar-refractivity contribution in [1.82, 2.24) is 4.90 Å². The lowest BCUT2D eigenvalue weighted by Crippen LogP contribution is -2.45. The SMILES string of the molecule is CCCCCN1CC[C@@H](CCOc2cccc(C)c2C)[C@@H](OC)C1. The first kappa shape index (κ1) is 19.3. The van der Waals surface area contributed by atoms with Crippen LogP contribution in [0.2, 0.25) is 0 Å². The molecule has 0 bridgehead atoms. The molecule has 3 nitrogen and oxygen atoms in total. The maximum atomic E-state index is 6.05. The number of unbranched alkanes of at least 4 members (excludes halogenated alkanes) is 2. The summed E-state index contributed by atoms with van der Waals surface area (Å²) >= 11 is 0. The van der Waals surface area contributed by atoms with Gasteiger partial charge in [0.05, 0.1) is 12.7 Å². The average Bonchev–Trinajstić information content (AvgIpc) is 2.59. The summed E-state index contributed by atoms with van der Waals surface area (Å²) in [5.74, 6) is 1.64. The Bertz CT molecular complexity index is 489. The highest BCUT2D eigenvalue weighted by Crippen LogP contribution is 2.25. The number of ether oxygens (including phenoxy) is 2. The fourth-order valence-electron chi connectivity index (χ4n) is 3.62. The van der Waals surface area contributed by atoms with Crippen molar-refractivity contribution in [1.29, 1.82) is 0 Å². The second-order valence-electron chi connectivity index (χ2n) is 7.17.